The van der Waals surface area contributed by atoms with Crippen molar-refractivity contribution in [2.24, 2.45) is 5.92 Å². The number of methoxy groups -OCH3 is 1. The number of ketones is 1. The highest BCUT2D eigenvalue weighted by atomic mass is 32.1. The van der Waals surface area contributed by atoms with Gasteiger partial charge in [0, 0.05) is 17.9 Å². The minimum atomic E-state index is -0.717. The number of hydrogen-bond donors (Lipinski definition) is 1. The maximum Gasteiger partial charge on any atom is 0.295 e. The van der Waals surface area contributed by atoms with Crippen LogP contribution in [-0.2, 0) is 20.9 Å². The van der Waals surface area contributed by atoms with Gasteiger partial charge in [0.05, 0.1) is 23.2 Å². The fraction of sp³-hybridized carbons (Fsp3) is 0.231. The Labute approximate surface area is 191 Å². The minimum Gasteiger partial charge on any atom is -0.503 e. The Hall–Kier alpha value is -3.22. The van der Waals surface area contributed by atoms with E-state index in [0.717, 1.165) is 21.6 Å². The van der Waals surface area contributed by atoms with Crippen LogP contribution in [0.15, 0.2) is 78.1 Å². The van der Waals surface area contributed by atoms with Gasteiger partial charge in [-0.15, -0.1) is 11.3 Å². The molecule has 1 aromatic heterocycles. The Bertz CT molecular complexity index is 1180. The average molecular weight is 448 g/mol. The lowest BCUT2D eigenvalue weighted by atomic mass is 9.89. The van der Waals surface area contributed by atoms with Crippen molar-refractivity contribution in [2.45, 2.75) is 26.5 Å². The molecule has 1 aliphatic heterocycles. The van der Waals surface area contributed by atoms with Crippen molar-refractivity contribution in [1.82, 2.24) is 0 Å². The van der Waals surface area contributed by atoms with E-state index in [1.165, 1.54) is 16.2 Å². The lowest BCUT2D eigenvalue weighted by Gasteiger charge is -2.27. The molecular weight excluding hydrogens is 422 g/mol. The first-order valence-corrected chi connectivity index (χ1v) is 11.3. The topological polar surface area (TPSA) is 66.8 Å². The normalized spacial score (nSPS) is 16.3. The second kappa shape index (κ2) is 9.10. The number of carbonyl (C=O) groups excluding carboxylic acids is 2. The Morgan fingerprint density at radius 1 is 1.06 bits per heavy atom. The largest absolute Gasteiger partial charge is 0.503 e. The quantitative estimate of drug-likeness (QED) is 0.505. The molecule has 1 amide bonds. The summed E-state index contributed by atoms with van der Waals surface area (Å²) in [6.07, 6.45) is 0. The van der Waals surface area contributed by atoms with Gasteiger partial charge in [-0.2, -0.15) is 0 Å². The van der Waals surface area contributed by atoms with Crippen LogP contribution in [0.25, 0.3) is 10.4 Å². The lowest BCUT2D eigenvalue weighted by molar-refractivity contribution is -0.119. The number of amides is 1. The van der Waals surface area contributed by atoms with Gasteiger partial charge < -0.3 is 9.84 Å². The van der Waals surface area contributed by atoms with Crippen LogP contribution in [0.3, 0.4) is 0 Å². The van der Waals surface area contributed by atoms with E-state index in [-0.39, 0.29) is 17.3 Å². The van der Waals surface area contributed by atoms with Crippen LogP contribution >= 0.6 is 11.3 Å². The van der Waals surface area contributed by atoms with Crippen LogP contribution in [0.1, 0.15) is 31.0 Å². The molecule has 0 aliphatic carbocycles. The molecule has 2 heterocycles. The molecular formula is C26H25NO4S. The van der Waals surface area contributed by atoms with E-state index in [9.17, 15) is 14.7 Å². The Balaban J connectivity index is 1.86. The molecule has 6 heteroatoms. The molecule has 164 valence electrons. The summed E-state index contributed by atoms with van der Waals surface area (Å²) in [5.74, 6) is -1.64. The van der Waals surface area contributed by atoms with Gasteiger partial charge in [0.25, 0.3) is 5.91 Å². The molecule has 32 heavy (non-hydrogen) atoms. The standard InChI is InChI=1S/C26H25NO4S/c1-16(2)24(28)22-23(19-12-8-7-11-18(19)15-31-3)27(26(30)25(22)29)21-14-13-20(32-21)17-9-5-4-6-10-17/h4-14,16,23,29H,15H2,1-3H3. The van der Waals surface area contributed by atoms with Gasteiger partial charge in [-0.3, -0.25) is 14.5 Å². The fourth-order valence-electron chi connectivity index (χ4n) is 3.99. The van der Waals surface area contributed by atoms with Crippen LogP contribution in [0.2, 0.25) is 0 Å². The number of hydrogen-bond acceptors (Lipinski definition) is 5. The van der Waals surface area contributed by atoms with E-state index in [4.69, 9.17) is 4.74 Å². The van der Waals surface area contributed by atoms with E-state index < -0.39 is 17.7 Å². The predicted molar refractivity (Wildman–Crippen MR) is 127 cm³/mol. The lowest BCUT2D eigenvalue weighted by Crippen LogP contribution is -2.31. The van der Waals surface area contributed by atoms with Crippen LogP contribution < -0.4 is 4.90 Å². The molecule has 1 unspecified atom stereocenters. The van der Waals surface area contributed by atoms with Crippen LogP contribution in [-0.4, -0.2) is 23.9 Å². The Morgan fingerprint density at radius 3 is 2.44 bits per heavy atom. The monoisotopic (exact) mass is 447 g/mol. The number of benzene rings is 2. The molecule has 1 aliphatic rings. The highest BCUT2D eigenvalue weighted by Gasteiger charge is 2.45. The number of thiophene rings is 1. The van der Waals surface area contributed by atoms with Gasteiger partial charge in [-0.25, -0.2) is 0 Å². The van der Waals surface area contributed by atoms with Crippen molar-refractivity contribution in [3.05, 3.63) is 89.2 Å². The third kappa shape index (κ3) is 3.87. The zero-order chi connectivity index (χ0) is 22.8. The van der Waals surface area contributed by atoms with Crippen molar-refractivity contribution in [1.29, 1.82) is 0 Å². The molecule has 0 radical (unpaired) electrons. The number of Topliss-reactive ketones (excluding diaryl/α,β-unsaturated/α-hetero) is 1. The number of carbonyl (C=O) groups is 2. The number of aliphatic hydroxyl groups excluding tert-OH is 1. The van der Waals surface area contributed by atoms with E-state index in [1.54, 1.807) is 21.0 Å². The van der Waals surface area contributed by atoms with E-state index in [1.807, 2.05) is 66.7 Å². The molecule has 2 aromatic carbocycles. The second-order valence-electron chi connectivity index (χ2n) is 7.99. The van der Waals surface area contributed by atoms with Gasteiger partial charge in [-0.1, -0.05) is 68.4 Å². The van der Waals surface area contributed by atoms with Crippen molar-refractivity contribution in [3.63, 3.8) is 0 Å². The minimum absolute atomic E-state index is 0.142. The Morgan fingerprint density at radius 2 is 1.75 bits per heavy atom. The van der Waals surface area contributed by atoms with Gasteiger partial charge in [0.1, 0.15) is 0 Å². The summed E-state index contributed by atoms with van der Waals surface area (Å²) in [6.45, 7) is 3.87. The molecule has 0 saturated carbocycles. The average Bonchev–Trinajstić information content (AvgIpc) is 3.38. The number of rotatable bonds is 7. The first-order valence-electron chi connectivity index (χ1n) is 10.5. The maximum absolute atomic E-state index is 13.3. The molecule has 3 aromatic rings. The highest BCUT2D eigenvalue weighted by molar-refractivity contribution is 7.19. The summed E-state index contributed by atoms with van der Waals surface area (Å²) in [7, 11) is 1.60. The molecule has 0 saturated heterocycles. The molecule has 0 fully saturated rings. The van der Waals surface area contributed by atoms with Crippen molar-refractivity contribution in [2.75, 3.05) is 12.0 Å². The third-order valence-corrected chi connectivity index (χ3v) is 6.67. The van der Waals surface area contributed by atoms with Gasteiger partial charge in [-0.05, 0) is 28.8 Å². The van der Waals surface area contributed by atoms with Crippen molar-refractivity contribution >= 4 is 28.0 Å². The van der Waals surface area contributed by atoms with Crippen LogP contribution in [0, 0.1) is 5.92 Å². The molecule has 0 spiro atoms. The molecule has 5 nitrogen and oxygen atoms in total. The van der Waals surface area contributed by atoms with E-state index >= 15 is 0 Å². The number of anilines is 1. The van der Waals surface area contributed by atoms with Gasteiger partial charge >= 0.3 is 0 Å². The van der Waals surface area contributed by atoms with Crippen molar-refractivity contribution in [3.8, 4) is 10.4 Å². The first-order chi connectivity index (χ1) is 15.4. The summed E-state index contributed by atoms with van der Waals surface area (Å²) in [6, 6.07) is 20.6. The van der Waals surface area contributed by atoms with E-state index in [0.29, 0.717) is 11.6 Å². The summed E-state index contributed by atoms with van der Waals surface area (Å²) >= 11 is 1.45. The highest BCUT2D eigenvalue weighted by Crippen LogP contribution is 2.46. The van der Waals surface area contributed by atoms with Gasteiger partial charge in [0.15, 0.2) is 11.5 Å². The second-order valence-corrected chi connectivity index (χ2v) is 9.06. The smallest absolute Gasteiger partial charge is 0.295 e. The molecule has 1 N–H and O–H groups in total. The summed E-state index contributed by atoms with van der Waals surface area (Å²) < 4.78 is 5.36. The number of ether oxygens (including phenoxy) is 1. The summed E-state index contributed by atoms with van der Waals surface area (Å²) in [4.78, 5) is 29.0. The number of aliphatic hydroxyl groups is 1. The molecule has 4 rings (SSSR count). The number of nitrogens with zero attached hydrogens (tertiary/aromatic N) is 1. The zero-order valence-electron chi connectivity index (χ0n) is 18.2. The van der Waals surface area contributed by atoms with Crippen LogP contribution in [0.5, 0.6) is 0 Å². The molecule has 1 atom stereocenters. The summed E-state index contributed by atoms with van der Waals surface area (Å²) in [5, 5.41) is 11.5. The zero-order valence-corrected chi connectivity index (χ0v) is 19.1. The van der Waals surface area contributed by atoms with Gasteiger partial charge in [0.2, 0.25) is 0 Å². The predicted octanol–water partition coefficient (Wildman–Crippen LogP) is 5.69. The SMILES string of the molecule is COCc1ccccc1C1C(C(=O)C(C)C)=C(O)C(=O)N1c1ccc(-c2ccccc2)s1. The Kier molecular flexibility index (Phi) is 6.26. The van der Waals surface area contributed by atoms with Crippen molar-refractivity contribution < 1.29 is 19.4 Å². The first kappa shape index (κ1) is 22.0. The maximum atomic E-state index is 13.3. The van der Waals surface area contributed by atoms with E-state index in [2.05, 4.69) is 0 Å². The third-order valence-electron chi connectivity index (χ3n) is 5.54. The van der Waals surface area contributed by atoms with Crippen LogP contribution in [0.4, 0.5) is 5.00 Å². The molecule has 0 bridgehead atoms. The fourth-order valence-corrected chi connectivity index (χ4v) is 5.03. The summed E-state index contributed by atoms with van der Waals surface area (Å²) in [5.41, 5.74) is 2.82.